The Balaban J connectivity index is 1.35. The molecule has 140 valence electrons. The molecule has 26 heavy (non-hydrogen) atoms. The van der Waals surface area contributed by atoms with E-state index in [0.29, 0.717) is 23.7 Å². The molecule has 2 aliphatic heterocycles. The van der Waals surface area contributed by atoms with Crippen molar-refractivity contribution in [1.82, 2.24) is 9.80 Å². The van der Waals surface area contributed by atoms with Crippen molar-refractivity contribution in [3.05, 3.63) is 35.9 Å². The number of rotatable bonds is 3. The predicted octanol–water partition coefficient (Wildman–Crippen LogP) is 4.08. The van der Waals surface area contributed by atoms with E-state index in [1.165, 1.54) is 57.2 Å². The lowest BCUT2D eigenvalue weighted by Crippen LogP contribution is -2.55. The second kappa shape index (κ2) is 6.67. The van der Waals surface area contributed by atoms with Gasteiger partial charge in [0.05, 0.1) is 0 Å². The normalized spacial score (nSPS) is 31.2. The summed E-state index contributed by atoms with van der Waals surface area (Å²) in [7, 11) is 0. The van der Waals surface area contributed by atoms with Crippen LogP contribution in [0.2, 0.25) is 0 Å². The highest BCUT2D eigenvalue weighted by molar-refractivity contribution is 5.81. The minimum Gasteiger partial charge on any atom is -0.336 e. The lowest BCUT2D eigenvalue weighted by molar-refractivity contribution is -0.145. The highest BCUT2D eigenvalue weighted by Gasteiger charge is 2.58. The molecular weight excluding hydrogens is 320 g/mol. The highest BCUT2D eigenvalue weighted by Crippen LogP contribution is 2.52. The van der Waals surface area contributed by atoms with Crippen LogP contribution in [-0.2, 0) is 11.3 Å². The maximum Gasteiger partial charge on any atom is 0.226 e. The summed E-state index contributed by atoms with van der Waals surface area (Å²) in [5.74, 6) is 2.27. The lowest BCUT2D eigenvalue weighted by Gasteiger charge is -2.47. The number of hydrogen-bond acceptors (Lipinski definition) is 2. The van der Waals surface area contributed by atoms with Crippen LogP contribution in [0.4, 0.5) is 0 Å². The summed E-state index contributed by atoms with van der Waals surface area (Å²) in [5, 5.41) is 0. The summed E-state index contributed by atoms with van der Waals surface area (Å²) in [4.78, 5) is 18.3. The summed E-state index contributed by atoms with van der Waals surface area (Å²) in [6.45, 7) is 4.47. The summed E-state index contributed by atoms with van der Waals surface area (Å²) in [6.07, 6.45) is 10.0. The van der Waals surface area contributed by atoms with Crippen molar-refractivity contribution in [2.45, 2.75) is 63.5 Å². The number of nitrogens with zero attached hydrogens (tertiary/aromatic N) is 2. The molecule has 2 unspecified atom stereocenters. The van der Waals surface area contributed by atoms with Gasteiger partial charge in [0, 0.05) is 43.6 Å². The van der Waals surface area contributed by atoms with E-state index in [1.807, 2.05) is 0 Å². The van der Waals surface area contributed by atoms with Crippen molar-refractivity contribution in [3.8, 4) is 0 Å². The molecule has 0 N–H and O–H groups in total. The molecule has 2 saturated carbocycles. The SMILES string of the molecule is O=C(C1CCC1)N1CC2CN(Cc3ccccc3)CC2C12CCCCC2. The quantitative estimate of drug-likeness (QED) is 0.818. The van der Waals surface area contributed by atoms with Gasteiger partial charge >= 0.3 is 0 Å². The van der Waals surface area contributed by atoms with Gasteiger partial charge in [0.25, 0.3) is 0 Å². The van der Waals surface area contributed by atoms with Crippen LogP contribution in [0.1, 0.15) is 56.9 Å². The summed E-state index contributed by atoms with van der Waals surface area (Å²) in [6, 6.07) is 10.9. The van der Waals surface area contributed by atoms with Crippen LogP contribution < -0.4 is 0 Å². The fourth-order valence-corrected chi connectivity index (χ4v) is 6.33. The van der Waals surface area contributed by atoms with Crippen molar-refractivity contribution in [2.24, 2.45) is 17.8 Å². The van der Waals surface area contributed by atoms with Crippen molar-refractivity contribution in [2.75, 3.05) is 19.6 Å². The summed E-state index contributed by atoms with van der Waals surface area (Å²) in [5.41, 5.74) is 1.62. The first-order valence-electron chi connectivity index (χ1n) is 10.8. The van der Waals surface area contributed by atoms with Crippen molar-refractivity contribution in [3.63, 3.8) is 0 Å². The fraction of sp³-hybridized carbons (Fsp3) is 0.696. The molecule has 0 radical (unpaired) electrons. The third kappa shape index (κ3) is 2.70. The van der Waals surface area contributed by atoms with Gasteiger partial charge in [0.15, 0.2) is 0 Å². The van der Waals surface area contributed by atoms with E-state index < -0.39 is 0 Å². The Morgan fingerprint density at radius 3 is 2.42 bits per heavy atom. The van der Waals surface area contributed by atoms with Crippen LogP contribution in [-0.4, -0.2) is 40.9 Å². The van der Waals surface area contributed by atoms with Gasteiger partial charge in [-0.2, -0.15) is 0 Å². The second-order valence-corrected chi connectivity index (χ2v) is 9.29. The van der Waals surface area contributed by atoms with Crippen LogP contribution >= 0.6 is 0 Å². The summed E-state index contributed by atoms with van der Waals surface area (Å²) >= 11 is 0. The van der Waals surface area contributed by atoms with Crippen LogP contribution in [0.25, 0.3) is 0 Å². The molecule has 1 aromatic rings. The third-order valence-corrected chi connectivity index (χ3v) is 7.85. The molecule has 2 aliphatic carbocycles. The van der Waals surface area contributed by atoms with Crippen LogP contribution in [0, 0.1) is 17.8 Å². The molecule has 4 aliphatic rings. The van der Waals surface area contributed by atoms with Gasteiger partial charge in [0.2, 0.25) is 5.91 Å². The number of hydrogen-bond donors (Lipinski definition) is 0. The summed E-state index contributed by atoms with van der Waals surface area (Å²) < 4.78 is 0. The van der Waals surface area contributed by atoms with Gasteiger partial charge < -0.3 is 4.90 Å². The van der Waals surface area contributed by atoms with E-state index >= 15 is 0 Å². The lowest BCUT2D eigenvalue weighted by atomic mass is 9.71. The first-order valence-corrected chi connectivity index (χ1v) is 10.8. The molecule has 1 spiro atoms. The molecule has 1 aromatic carbocycles. The number of amides is 1. The largest absolute Gasteiger partial charge is 0.336 e. The topological polar surface area (TPSA) is 23.6 Å². The highest BCUT2D eigenvalue weighted by atomic mass is 16.2. The zero-order valence-electron chi connectivity index (χ0n) is 15.9. The third-order valence-electron chi connectivity index (χ3n) is 7.85. The van der Waals surface area contributed by atoms with Gasteiger partial charge in [-0.05, 0) is 37.2 Å². The molecule has 2 atom stereocenters. The van der Waals surface area contributed by atoms with Gasteiger partial charge in [-0.25, -0.2) is 0 Å². The molecule has 0 bridgehead atoms. The van der Waals surface area contributed by atoms with Gasteiger partial charge in [0.1, 0.15) is 0 Å². The average molecular weight is 353 g/mol. The van der Waals surface area contributed by atoms with Crippen LogP contribution in [0.5, 0.6) is 0 Å². The number of benzene rings is 1. The van der Waals surface area contributed by atoms with E-state index in [0.717, 1.165) is 25.9 Å². The van der Waals surface area contributed by atoms with Gasteiger partial charge in [-0.3, -0.25) is 9.69 Å². The van der Waals surface area contributed by atoms with E-state index in [2.05, 4.69) is 40.1 Å². The second-order valence-electron chi connectivity index (χ2n) is 9.29. The van der Waals surface area contributed by atoms with Crippen LogP contribution in [0.15, 0.2) is 30.3 Å². The molecule has 3 nitrogen and oxygen atoms in total. The minimum atomic E-state index is 0.195. The molecular formula is C23H32N2O. The number of likely N-dealkylation sites (tertiary alicyclic amines) is 2. The van der Waals surface area contributed by atoms with Gasteiger partial charge in [-0.1, -0.05) is 56.0 Å². The maximum atomic E-state index is 13.2. The van der Waals surface area contributed by atoms with E-state index in [9.17, 15) is 4.79 Å². The zero-order valence-corrected chi connectivity index (χ0v) is 15.9. The standard InChI is InChI=1S/C23H32N2O/c26-22(19-10-7-11-19)25-16-20-15-24(14-18-8-3-1-4-9-18)17-21(20)23(25)12-5-2-6-13-23/h1,3-4,8-9,19-21H,2,5-7,10-17H2. The molecule has 0 aromatic heterocycles. The predicted molar refractivity (Wildman–Crippen MR) is 104 cm³/mol. The Hall–Kier alpha value is -1.35. The molecule has 5 rings (SSSR count). The number of fused-ring (bicyclic) bond motifs is 2. The Bertz CT molecular complexity index is 647. The minimum absolute atomic E-state index is 0.195. The molecule has 2 heterocycles. The van der Waals surface area contributed by atoms with E-state index in [-0.39, 0.29) is 5.54 Å². The molecule has 3 heteroatoms. The first-order chi connectivity index (χ1) is 12.8. The smallest absolute Gasteiger partial charge is 0.226 e. The first kappa shape index (κ1) is 16.8. The van der Waals surface area contributed by atoms with E-state index in [1.54, 1.807) is 0 Å². The fourth-order valence-electron chi connectivity index (χ4n) is 6.33. The molecule has 1 amide bonds. The Morgan fingerprint density at radius 1 is 0.962 bits per heavy atom. The van der Waals surface area contributed by atoms with Crippen molar-refractivity contribution < 1.29 is 4.79 Å². The van der Waals surface area contributed by atoms with Gasteiger partial charge in [-0.15, -0.1) is 0 Å². The van der Waals surface area contributed by atoms with Crippen molar-refractivity contribution >= 4 is 5.91 Å². The van der Waals surface area contributed by atoms with E-state index in [4.69, 9.17) is 0 Å². The van der Waals surface area contributed by atoms with Crippen molar-refractivity contribution in [1.29, 1.82) is 0 Å². The maximum absolute atomic E-state index is 13.2. The Kier molecular flexibility index (Phi) is 4.31. The monoisotopic (exact) mass is 352 g/mol. The Labute approximate surface area is 157 Å². The average Bonchev–Trinajstić information content (AvgIpc) is 3.13. The number of carbonyl (C=O) groups excluding carboxylic acids is 1. The Morgan fingerprint density at radius 2 is 1.73 bits per heavy atom. The van der Waals surface area contributed by atoms with Crippen LogP contribution in [0.3, 0.4) is 0 Å². The number of carbonyl (C=O) groups is 1. The zero-order chi connectivity index (χ0) is 17.6. The molecule has 2 saturated heterocycles. The molecule has 4 fully saturated rings.